The molecule has 7 heteroatoms. The van der Waals surface area contributed by atoms with E-state index in [9.17, 15) is 12.8 Å². The smallest absolute Gasteiger partial charge is 0.212 e. The van der Waals surface area contributed by atoms with Gasteiger partial charge in [-0.3, -0.25) is 4.90 Å². The maximum Gasteiger partial charge on any atom is 0.212 e. The molecular formula is C20H17FN2O2S2. The van der Waals surface area contributed by atoms with Crippen molar-refractivity contribution in [2.75, 3.05) is 13.1 Å². The molecule has 1 fully saturated rings. The monoisotopic (exact) mass is 400 g/mol. The second-order valence-electron chi connectivity index (χ2n) is 7.14. The number of hydrogen-bond acceptors (Lipinski definition) is 5. The van der Waals surface area contributed by atoms with E-state index in [1.807, 2.05) is 11.4 Å². The average molecular weight is 401 g/mol. The normalized spacial score (nSPS) is 23.3. The molecule has 2 aromatic heterocycles. The number of pyridine rings is 1. The van der Waals surface area contributed by atoms with Gasteiger partial charge in [-0.1, -0.05) is 6.07 Å². The van der Waals surface area contributed by atoms with Crippen molar-refractivity contribution in [1.29, 1.82) is 0 Å². The van der Waals surface area contributed by atoms with E-state index in [1.165, 1.54) is 17.8 Å². The van der Waals surface area contributed by atoms with Crippen LogP contribution < -0.4 is 0 Å². The van der Waals surface area contributed by atoms with Gasteiger partial charge in [0.25, 0.3) is 0 Å². The maximum absolute atomic E-state index is 13.1. The molecule has 2 atom stereocenters. The minimum Gasteiger partial charge on any atom is -0.297 e. The molecule has 2 aliphatic heterocycles. The molecule has 0 unspecified atom stereocenters. The second kappa shape index (κ2) is 6.22. The quantitative estimate of drug-likeness (QED) is 0.629. The Kier molecular flexibility index (Phi) is 3.93. The third-order valence-electron chi connectivity index (χ3n) is 5.50. The van der Waals surface area contributed by atoms with E-state index >= 15 is 0 Å². The van der Waals surface area contributed by atoms with Crippen LogP contribution in [0.4, 0.5) is 4.39 Å². The van der Waals surface area contributed by atoms with Crippen LogP contribution in [0.3, 0.4) is 0 Å². The van der Waals surface area contributed by atoms with Gasteiger partial charge in [-0.05, 0) is 57.8 Å². The van der Waals surface area contributed by atoms with Crippen molar-refractivity contribution in [3.63, 3.8) is 0 Å². The van der Waals surface area contributed by atoms with Gasteiger partial charge in [0.15, 0.2) is 9.84 Å². The zero-order valence-corrected chi connectivity index (χ0v) is 16.0. The first-order chi connectivity index (χ1) is 13.0. The Hall–Kier alpha value is -2.09. The molecule has 0 aliphatic carbocycles. The minimum absolute atomic E-state index is 0.0167. The lowest BCUT2D eigenvalue weighted by molar-refractivity contribution is 0.326. The summed E-state index contributed by atoms with van der Waals surface area (Å²) >= 11 is 1.66. The highest BCUT2D eigenvalue weighted by molar-refractivity contribution is 7.92. The number of nitrogens with zero attached hydrogens (tertiary/aromatic N) is 2. The molecule has 0 radical (unpaired) electrons. The standard InChI is InChI=1S/C20H17FN2O2S2/c21-20-4-2-15(8-22-20)14-1-3-18-16(7-14)17-10-23(9-13-5-6-26-12-13)11-19(17)27(18,24)25/h1-8,12,17,19H,9-11H2/t17-,19-/m1/s1. The number of halogens is 1. The first-order valence-corrected chi connectivity index (χ1v) is 11.2. The van der Waals surface area contributed by atoms with Gasteiger partial charge in [-0.2, -0.15) is 15.7 Å². The highest BCUT2D eigenvalue weighted by atomic mass is 32.2. The number of thiophene rings is 1. The van der Waals surface area contributed by atoms with Gasteiger partial charge in [-0.15, -0.1) is 0 Å². The lowest BCUT2D eigenvalue weighted by Crippen LogP contribution is -2.25. The first-order valence-electron chi connectivity index (χ1n) is 8.75. The summed E-state index contributed by atoms with van der Waals surface area (Å²) in [4.78, 5) is 6.38. The number of aromatic nitrogens is 1. The van der Waals surface area contributed by atoms with Crippen molar-refractivity contribution in [3.8, 4) is 11.1 Å². The Morgan fingerprint density at radius 2 is 2.00 bits per heavy atom. The highest BCUT2D eigenvalue weighted by Gasteiger charge is 2.50. The molecule has 1 saturated heterocycles. The van der Waals surface area contributed by atoms with Crippen LogP contribution >= 0.6 is 11.3 Å². The summed E-state index contributed by atoms with van der Waals surface area (Å²) in [5.74, 6) is -0.542. The third kappa shape index (κ3) is 2.81. The summed E-state index contributed by atoms with van der Waals surface area (Å²) in [7, 11) is -3.32. The van der Waals surface area contributed by atoms with Crippen molar-refractivity contribution in [2.45, 2.75) is 22.6 Å². The topological polar surface area (TPSA) is 50.3 Å². The molecule has 0 amide bonds. The van der Waals surface area contributed by atoms with Gasteiger partial charge < -0.3 is 0 Å². The van der Waals surface area contributed by atoms with E-state index < -0.39 is 15.8 Å². The molecule has 0 saturated carbocycles. The Balaban J connectivity index is 1.50. The molecule has 0 spiro atoms. The fourth-order valence-electron chi connectivity index (χ4n) is 4.22. The Morgan fingerprint density at radius 3 is 2.74 bits per heavy atom. The van der Waals surface area contributed by atoms with Crippen LogP contribution in [0, 0.1) is 5.95 Å². The zero-order valence-electron chi connectivity index (χ0n) is 14.4. The van der Waals surface area contributed by atoms with E-state index in [1.54, 1.807) is 29.5 Å². The highest BCUT2D eigenvalue weighted by Crippen LogP contribution is 2.46. The maximum atomic E-state index is 13.1. The second-order valence-corrected chi connectivity index (χ2v) is 10.1. The summed E-state index contributed by atoms with van der Waals surface area (Å²) in [6.45, 7) is 2.08. The minimum atomic E-state index is -3.32. The molecule has 0 bridgehead atoms. The number of sulfone groups is 1. The van der Waals surface area contributed by atoms with Crippen LogP contribution in [0.5, 0.6) is 0 Å². The summed E-state index contributed by atoms with van der Waals surface area (Å²) in [5.41, 5.74) is 3.76. The molecule has 138 valence electrons. The fraction of sp³-hybridized carbons (Fsp3) is 0.250. The van der Waals surface area contributed by atoms with Gasteiger partial charge in [0.2, 0.25) is 5.95 Å². The molecule has 2 aliphatic rings. The van der Waals surface area contributed by atoms with Gasteiger partial charge in [0, 0.05) is 37.3 Å². The van der Waals surface area contributed by atoms with Gasteiger partial charge >= 0.3 is 0 Å². The lowest BCUT2D eigenvalue weighted by atomic mass is 9.95. The van der Waals surface area contributed by atoms with Gasteiger partial charge in [0.1, 0.15) is 0 Å². The van der Waals surface area contributed by atoms with Gasteiger partial charge in [-0.25, -0.2) is 13.4 Å². The predicted molar refractivity (Wildman–Crippen MR) is 103 cm³/mol. The predicted octanol–water partition coefficient (Wildman–Crippen LogP) is 3.70. The number of hydrogen-bond donors (Lipinski definition) is 0. The van der Waals surface area contributed by atoms with Crippen LogP contribution in [0.15, 0.2) is 58.3 Å². The number of benzene rings is 1. The SMILES string of the molecule is O=S1(=O)c2ccc(-c3ccc(F)nc3)cc2[C@H]2CN(Cc3ccsc3)C[C@H]21. The lowest BCUT2D eigenvalue weighted by Gasteiger charge is -2.16. The molecule has 5 rings (SSSR count). The van der Waals surface area contributed by atoms with Crippen LogP contribution in [-0.4, -0.2) is 36.6 Å². The van der Waals surface area contributed by atoms with Crippen molar-refractivity contribution in [3.05, 3.63) is 70.4 Å². The van der Waals surface area contributed by atoms with E-state index in [0.29, 0.717) is 11.4 Å². The zero-order chi connectivity index (χ0) is 18.6. The molecule has 27 heavy (non-hydrogen) atoms. The number of likely N-dealkylation sites (tertiary alicyclic amines) is 1. The largest absolute Gasteiger partial charge is 0.297 e. The Labute approximate surface area is 161 Å². The van der Waals surface area contributed by atoms with Crippen LogP contribution in [-0.2, 0) is 16.4 Å². The molecule has 4 heterocycles. The number of rotatable bonds is 3. The Bertz CT molecular complexity index is 1100. The summed E-state index contributed by atoms with van der Waals surface area (Å²) in [6, 6.07) is 10.5. The van der Waals surface area contributed by atoms with Crippen LogP contribution in [0.2, 0.25) is 0 Å². The molecule has 3 aromatic rings. The first kappa shape index (κ1) is 17.0. The third-order valence-corrected chi connectivity index (χ3v) is 8.49. The molecule has 1 aromatic carbocycles. The average Bonchev–Trinajstić information content (AvgIpc) is 3.35. The van der Waals surface area contributed by atoms with E-state index in [2.05, 4.69) is 21.3 Å². The van der Waals surface area contributed by atoms with Crippen LogP contribution in [0.1, 0.15) is 17.0 Å². The van der Waals surface area contributed by atoms with Gasteiger partial charge in [0.05, 0.1) is 10.1 Å². The summed E-state index contributed by atoms with van der Waals surface area (Å²) < 4.78 is 39.1. The van der Waals surface area contributed by atoms with Crippen molar-refractivity contribution < 1.29 is 12.8 Å². The number of fused-ring (bicyclic) bond motifs is 3. The summed E-state index contributed by atoms with van der Waals surface area (Å²) in [6.07, 6.45) is 1.48. The van der Waals surface area contributed by atoms with Crippen molar-refractivity contribution in [1.82, 2.24) is 9.88 Å². The Morgan fingerprint density at radius 1 is 1.15 bits per heavy atom. The van der Waals surface area contributed by atoms with E-state index in [0.717, 1.165) is 29.8 Å². The van der Waals surface area contributed by atoms with Crippen LogP contribution in [0.25, 0.3) is 11.1 Å². The molecule has 0 N–H and O–H groups in total. The molecular weight excluding hydrogens is 383 g/mol. The summed E-state index contributed by atoms with van der Waals surface area (Å²) in [5, 5.41) is 3.77. The van der Waals surface area contributed by atoms with E-state index in [-0.39, 0.29) is 11.2 Å². The fourth-order valence-corrected chi connectivity index (χ4v) is 7.08. The van der Waals surface area contributed by atoms with E-state index in [4.69, 9.17) is 0 Å². The molecule has 4 nitrogen and oxygen atoms in total. The van der Waals surface area contributed by atoms with Crippen molar-refractivity contribution >= 4 is 21.2 Å². The van der Waals surface area contributed by atoms with Crippen molar-refractivity contribution in [2.24, 2.45) is 0 Å².